The van der Waals surface area contributed by atoms with Gasteiger partial charge in [-0.2, -0.15) is 5.10 Å². The lowest BCUT2D eigenvalue weighted by Gasteiger charge is -2.34. The highest BCUT2D eigenvalue weighted by Crippen LogP contribution is 2.37. The van der Waals surface area contributed by atoms with Crippen LogP contribution < -0.4 is 4.90 Å². The Hall–Kier alpha value is -1.65. The Balaban J connectivity index is 1.69. The molecule has 0 radical (unpaired) electrons. The van der Waals surface area contributed by atoms with Crippen LogP contribution in [0.3, 0.4) is 0 Å². The number of nitrogens with zero attached hydrogens (tertiary/aromatic N) is 5. The largest absolute Gasteiger partial charge is 0.353 e. The third-order valence-electron chi connectivity index (χ3n) is 5.27. The second-order valence-electron chi connectivity index (χ2n) is 6.50. The fourth-order valence-corrected chi connectivity index (χ4v) is 4.24. The summed E-state index contributed by atoms with van der Waals surface area (Å²) in [7, 11) is 1.95. The van der Waals surface area contributed by atoms with Crippen LogP contribution in [0.5, 0.6) is 0 Å². The lowest BCUT2D eigenvalue weighted by Crippen LogP contribution is -2.37. The van der Waals surface area contributed by atoms with Crippen molar-refractivity contribution in [3.8, 4) is 0 Å². The molecule has 21 heavy (non-hydrogen) atoms. The first-order valence-electron chi connectivity index (χ1n) is 8.24. The summed E-state index contributed by atoms with van der Waals surface area (Å²) in [4.78, 5) is 11.5. The van der Waals surface area contributed by atoms with Gasteiger partial charge in [0, 0.05) is 19.6 Å². The van der Waals surface area contributed by atoms with E-state index in [0.29, 0.717) is 6.04 Å². The zero-order valence-electron chi connectivity index (χ0n) is 12.7. The molecule has 2 aromatic rings. The van der Waals surface area contributed by atoms with Gasteiger partial charge in [-0.25, -0.2) is 9.97 Å². The molecule has 1 saturated heterocycles. The number of rotatable bonds is 2. The van der Waals surface area contributed by atoms with Crippen LogP contribution in [0.1, 0.15) is 44.9 Å². The van der Waals surface area contributed by atoms with Gasteiger partial charge in [0.25, 0.3) is 0 Å². The van der Waals surface area contributed by atoms with Crippen molar-refractivity contribution in [3.05, 3.63) is 12.5 Å². The normalized spacial score (nSPS) is 24.0. The summed E-state index contributed by atoms with van der Waals surface area (Å²) in [5, 5.41) is 5.45. The molecule has 0 N–H and O–H groups in total. The van der Waals surface area contributed by atoms with Crippen molar-refractivity contribution in [1.82, 2.24) is 19.7 Å². The lowest BCUT2D eigenvalue weighted by atomic mass is 9.83. The van der Waals surface area contributed by atoms with E-state index in [1.165, 1.54) is 44.9 Å². The molecule has 4 rings (SSSR count). The van der Waals surface area contributed by atoms with Crippen LogP contribution >= 0.6 is 0 Å². The van der Waals surface area contributed by atoms with E-state index in [1.807, 2.05) is 17.9 Å². The Morgan fingerprint density at radius 1 is 1.05 bits per heavy atom. The van der Waals surface area contributed by atoms with Gasteiger partial charge in [-0.15, -0.1) is 0 Å². The molecular weight excluding hydrogens is 262 g/mol. The quantitative estimate of drug-likeness (QED) is 0.851. The van der Waals surface area contributed by atoms with Gasteiger partial charge in [0.2, 0.25) is 0 Å². The van der Waals surface area contributed by atoms with Crippen molar-refractivity contribution in [3.63, 3.8) is 0 Å². The Kier molecular flexibility index (Phi) is 3.28. The van der Waals surface area contributed by atoms with Crippen LogP contribution in [-0.4, -0.2) is 32.3 Å². The first-order valence-corrected chi connectivity index (χ1v) is 8.24. The third-order valence-corrected chi connectivity index (χ3v) is 5.27. The number of hydrogen-bond acceptors (Lipinski definition) is 4. The zero-order valence-corrected chi connectivity index (χ0v) is 12.7. The summed E-state index contributed by atoms with van der Waals surface area (Å²) in [6, 6.07) is 0.670. The maximum Gasteiger partial charge on any atom is 0.163 e. The van der Waals surface area contributed by atoms with Gasteiger partial charge in [0.1, 0.15) is 12.1 Å². The van der Waals surface area contributed by atoms with Gasteiger partial charge >= 0.3 is 0 Å². The summed E-state index contributed by atoms with van der Waals surface area (Å²) in [6.07, 6.45) is 13.2. The summed E-state index contributed by atoms with van der Waals surface area (Å²) < 4.78 is 1.84. The summed E-state index contributed by atoms with van der Waals surface area (Å²) in [6.45, 7) is 1.13. The number of aromatic nitrogens is 4. The molecular formula is C16H23N5. The van der Waals surface area contributed by atoms with E-state index in [-0.39, 0.29) is 0 Å². The average molecular weight is 285 g/mol. The molecule has 5 nitrogen and oxygen atoms in total. The van der Waals surface area contributed by atoms with Crippen LogP contribution in [0, 0.1) is 5.92 Å². The molecule has 5 heteroatoms. The van der Waals surface area contributed by atoms with Gasteiger partial charge in [0.15, 0.2) is 5.65 Å². The minimum atomic E-state index is 0.670. The molecule has 112 valence electrons. The minimum absolute atomic E-state index is 0.670. The second-order valence-corrected chi connectivity index (χ2v) is 6.50. The van der Waals surface area contributed by atoms with Gasteiger partial charge in [-0.1, -0.05) is 19.3 Å². The molecule has 2 fully saturated rings. The van der Waals surface area contributed by atoms with Gasteiger partial charge in [-0.3, -0.25) is 4.68 Å². The molecule has 0 amide bonds. The standard InChI is InChI=1S/C16H23N5/c1-20-15-13(10-19-20)16(18-11-17-15)21-9-5-8-14(21)12-6-3-2-4-7-12/h10-12,14H,2-9H2,1H3. The van der Waals surface area contributed by atoms with E-state index >= 15 is 0 Å². The number of aryl methyl sites for hydroxylation is 1. The zero-order chi connectivity index (χ0) is 14.2. The van der Waals surface area contributed by atoms with Crippen LogP contribution in [-0.2, 0) is 7.05 Å². The fraction of sp³-hybridized carbons (Fsp3) is 0.688. The minimum Gasteiger partial charge on any atom is -0.353 e. The molecule has 1 atom stereocenters. The average Bonchev–Trinajstić information content (AvgIpc) is 3.15. The van der Waals surface area contributed by atoms with Gasteiger partial charge < -0.3 is 4.90 Å². The SMILES string of the molecule is Cn1ncc2c(N3CCCC3C3CCCCC3)ncnc21. The Labute approximate surface area is 125 Å². The Bertz CT molecular complexity index is 629. The van der Waals surface area contributed by atoms with E-state index < -0.39 is 0 Å². The number of hydrogen-bond donors (Lipinski definition) is 0. The van der Waals surface area contributed by atoms with Crippen LogP contribution in [0.2, 0.25) is 0 Å². The van der Waals surface area contributed by atoms with Crippen molar-refractivity contribution < 1.29 is 0 Å². The molecule has 1 aliphatic heterocycles. The molecule has 2 aromatic heterocycles. The molecule has 1 aliphatic carbocycles. The molecule has 1 unspecified atom stereocenters. The Morgan fingerprint density at radius 3 is 2.76 bits per heavy atom. The molecule has 1 saturated carbocycles. The maximum absolute atomic E-state index is 4.61. The first-order chi connectivity index (χ1) is 10.3. The maximum atomic E-state index is 4.61. The highest BCUT2D eigenvalue weighted by molar-refractivity contribution is 5.86. The molecule has 2 aliphatic rings. The van der Waals surface area contributed by atoms with Crippen molar-refractivity contribution in [1.29, 1.82) is 0 Å². The predicted octanol–water partition coefficient (Wildman–Crippen LogP) is 2.91. The van der Waals surface area contributed by atoms with Gasteiger partial charge in [0.05, 0.1) is 11.6 Å². The topological polar surface area (TPSA) is 46.8 Å². The lowest BCUT2D eigenvalue weighted by molar-refractivity contribution is 0.304. The highest BCUT2D eigenvalue weighted by atomic mass is 15.3. The molecule has 3 heterocycles. The first kappa shape index (κ1) is 13.0. The third kappa shape index (κ3) is 2.19. The van der Waals surface area contributed by atoms with Crippen molar-refractivity contribution >= 4 is 16.9 Å². The van der Waals surface area contributed by atoms with E-state index in [4.69, 9.17) is 0 Å². The molecule has 0 spiro atoms. The van der Waals surface area contributed by atoms with Gasteiger partial charge in [-0.05, 0) is 31.6 Å². The number of anilines is 1. The smallest absolute Gasteiger partial charge is 0.163 e. The van der Waals surface area contributed by atoms with E-state index in [1.54, 1.807) is 6.33 Å². The fourth-order valence-electron chi connectivity index (χ4n) is 4.24. The van der Waals surface area contributed by atoms with E-state index in [9.17, 15) is 0 Å². The van der Waals surface area contributed by atoms with Crippen molar-refractivity contribution in [2.75, 3.05) is 11.4 Å². The van der Waals surface area contributed by atoms with Crippen LogP contribution in [0.4, 0.5) is 5.82 Å². The van der Waals surface area contributed by atoms with E-state index in [2.05, 4.69) is 20.0 Å². The Morgan fingerprint density at radius 2 is 1.90 bits per heavy atom. The van der Waals surface area contributed by atoms with Crippen LogP contribution in [0.15, 0.2) is 12.5 Å². The summed E-state index contributed by atoms with van der Waals surface area (Å²) >= 11 is 0. The number of fused-ring (bicyclic) bond motifs is 1. The van der Waals surface area contributed by atoms with Crippen LogP contribution in [0.25, 0.3) is 11.0 Å². The van der Waals surface area contributed by atoms with Crippen molar-refractivity contribution in [2.24, 2.45) is 13.0 Å². The predicted molar refractivity (Wildman–Crippen MR) is 83.2 cm³/mol. The molecule has 0 bridgehead atoms. The summed E-state index contributed by atoms with van der Waals surface area (Å²) in [5.74, 6) is 1.95. The van der Waals surface area contributed by atoms with Crippen molar-refractivity contribution in [2.45, 2.75) is 51.0 Å². The second kappa shape index (κ2) is 5.28. The van der Waals surface area contributed by atoms with E-state index in [0.717, 1.165) is 29.3 Å². The monoisotopic (exact) mass is 285 g/mol. The molecule has 0 aromatic carbocycles. The summed E-state index contributed by atoms with van der Waals surface area (Å²) in [5.41, 5.74) is 0.939. The highest BCUT2D eigenvalue weighted by Gasteiger charge is 2.34.